The number of nitrogens with zero attached hydrogens (tertiary/aromatic N) is 1. The topological polar surface area (TPSA) is 93.1 Å². The molecule has 3 rings (SSSR count). The number of aliphatic carboxylic acids is 1. The summed E-state index contributed by atoms with van der Waals surface area (Å²) in [7, 11) is 0. The first-order valence-electron chi connectivity index (χ1n) is 6.53. The molecule has 1 spiro atoms. The summed E-state index contributed by atoms with van der Waals surface area (Å²) in [6, 6.07) is 0. The van der Waals surface area contributed by atoms with Gasteiger partial charge in [0.1, 0.15) is 18.1 Å². The summed E-state index contributed by atoms with van der Waals surface area (Å²) >= 11 is 0. The quantitative estimate of drug-likeness (QED) is 0.547. The van der Waals surface area contributed by atoms with Crippen molar-refractivity contribution in [2.75, 3.05) is 19.7 Å². The van der Waals surface area contributed by atoms with Gasteiger partial charge < -0.3 is 19.5 Å². The molecule has 7 heteroatoms. The van der Waals surface area contributed by atoms with E-state index >= 15 is 0 Å². The molecule has 108 valence electrons. The Bertz CT molecular complexity index is 515. The van der Waals surface area contributed by atoms with Crippen molar-refractivity contribution in [2.45, 2.75) is 18.6 Å². The van der Waals surface area contributed by atoms with E-state index in [4.69, 9.17) is 9.47 Å². The van der Waals surface area contributed by atoms with Crippen molar-refractivity contribution in [3.63, 3.8) is 0 Å². The summed E-state index contributed by atoms with van der Waals surface area (Å²) < 4.78 is 10.5. The van der Waals surface area contributed by atoms with Gasteiger partial charge in [0.15, 0.2) is 0 Å². The smallest absolute Gasteiger partial charge is 0.325 e. The second kappa shape index (κ2) is 4.31. The number of hydrogen-bond acceptors (Lipinski definition) is 5. The standard InChI is InChI=1S/C13H15NO6/c1-2-19-8(15)5-14-6-13-4-3-7(20-13)9(12(17)18)10(13)11(14)16/h3-4,7,9-10H,2,5-6H2,1H3,(H,17,18)/t7-,9-,10+,13-/m1/s1. The number of esters is 1. The van der Waals surface area contributed by atoms with Gasteiger partial charge in [-0.1, -0.05) is 12.2 Å². The highest BCUT2D eigenvalue weighted by Gasteiger charge is 2.67. The van der Waals surface area contributed by atoms with E-state index in [1.165, 1.54) is 4.90 Å². The molecule has 3 aliphatic heterocycles. The molecule has 7 nitrogen and oxygen atoms in total. The second-order valence-corrected chi connectivity index (χ2v) is 5.24. The van der Waals surface area contributed by atoms with Gasteiger partial charge in [0, 0.05) is 0 Å². The van der Waals surface area contributed by atoms with Gasteiger partial charge in [0.05, 0.1) is 25.2 Å². The highest BCUT2D eigenvalue weighted by Crippen LogP contribution is 2.51. The average Bonchev–Trinajstić information content (AvgIpc) is 2.99. The Balaban J connectivity index is 1.82. The maximum absolute atomic E-state index is 12.4. The van der Waals surface area contributed by atoms with Gasteiger partial charge >= 0.3 is 11.9 Å². The molecule has 0 saturated carbocycles. The average molecular weight is 281 g/mol. The Hall–Kier alpha value is -1.89. The van der Waals surface area contributed by atoms with E-state index in [0.29, 0.717) is 0 Å². The fourth-order valence-corrected chi connectivity index (χ4v) is 3.36. The van der Waals surface area contributed by atoms with Gasteiger partial charge in [0.2, 0.25) is 5.91 Å². The minimum absolute atomic E-state index is 0.168. The fourth-order valence-electron chi connectivity index (χ4n) is 3.36. The number of amides is 1. The van der Waals surface area contributed by atoms with Crippen molar-refractivity contribution in [1.29, 1.82) is 0 Å². The van der Waals surface area contributed by atoms with E-state index in [0.717, 1.165) is 0 Å². The van der Waals surface area contributed by atoms with Crippen LogP contribution in [0.5, 0.6) is 0 Å². The lowest BCUT2D eigenvalue weighted by Gasteiger charge is -2.21. The highest BCUT2D eigenvalue weighted by molar-refractivity contribution is 5.92. The summed E-state index contributed by atoms with van der Waals surface area (Å²) in [5.74, 6) is -3.51. The fraction of sp³-hybridized carbons (Fsp3) is 0.615. The van der Waals surface area contributed by atoms with Crippen LogP contribution in [-0.4, -0.2) is 59.3 Å². The summed E-state index contributed by atoms with van der Waals surface area (Å²) in [4.78, 5) is 36.5. The number of carboxylic acids is 1. The number of rotatable bonds is 4. The van der Waals surface area contributed by atoms with Crippen molar-refractivity contribution in [2.24, 2.45) is 11.8 Å². The Morgan fingerprint density at radius 2 is 2.35 bits per heavy atom. The third-order valence-corrected chi connectivity index (χ3v) is 4.09. The van der Waals surface area contributed by atoms with E-state index in [-0.39, 0.29) is 25.6 Å². The number of carboxylic acid groups (broad SMARTS) is 1. The molecule has 0 radical (unpaired) electrons. The van der Waals surface area contributed by atoms with Crippen LogP contribution in [0.15, 0.2) is 12.2 Å². The van der Waals surface area contributed by atoms with Crippen molar-refractivity contribution in [3.05, 3.63) is 12.2 Å². The Kier molecular flexibility index (Phi) is 2.82. The number of carbonyl (C=O) groups excluding carboxylic acids is 2. The highest BCUT2D eigenvalue weighted by atomic mass is 16.5. The molecule has 0 aromatic rings. The SMILES string of the molecule is CCOC(=O)CN1C[C@@]23C=C[C@@H](O2)[C@@H](C(=O)O)[C@H]3C1=O. The van der Waals surface area contributed by atoms with Gasteiger partial charge in [-0.05, 0) is 6.92 Å². The molecular formula is C13H15NO6. The molecule has 0 aromatic carbocycles. The first-order valence-corrected chi connectivity index (χ1v) is 6.53. The first-order chi connectivity index (χ1) is 9.48. The molecule has 1 amide bonds. The minimum atomic E-state index is -1.04. The summed E-state index contributed by atoms with van der Waals surface area (Å²) in [6.45, 7) is 1.96. The number of carbonyl (C=O) groups is 3. The minimum Gasteiger partial charge on any atom is -0.481 e. The maximum Gasteiger partial charge on any atom is 0.325 e. The molecule has 20 heavy (non-hydrogen) atoms. The molecule has 4 atom stereocenters. The molecule has 3 heterocycles. The molecule has 2 bridgehead atoms. The molecule has 1 N–H and O–H groups in total. The lowest BCUT2D eigenvalue weighted by Crippen LogP contribution is -2.39. The third-order valence-electron chi connectivity index (χ3n) is 4.09. The van der Waals surface area contributed by atoms with Gasteiger partial charge in [-0.25, -0.2) is 0 Å². The third kappa shape index (κ3) is 1.66. The van der Waals surface area contributed by atoms with Crippen LogP contribution in [0.25, 0.3) is 0 Å². The summed E-state index contributed by atoms with van der Waals surface area (Å²) in [5.41, 5.74) is -0.892. The molecule has 2 saturated heterocycles. The van der Waals surface area contributed by atoms with E-state index in [1.54, 1.807) is 19.1 Å². The van der Waals surface area contributed by atoms with Crippen LogP contribution in [0.3, 0.4) is 0 Å². The van der Waals surface area contributed by atoms with Crippen molar-refractivity contribution >= 4 is 17.8 Å². The number of fused-ring (bicyclic) bond motifs is 1. The van der Waals surface area contributed by atoms with Gasteiger partial charge in [-0.3, -0.25) is 14.4 Å². The molecule has 2 fully saturated rings. The normalized spacial score (nSPS) is 37.4. The summed E-state index contributed by atoms with van der Waals surface area (Å²) in [6.07, 6.45) is 2.90. The molecular weight excluding hydrogens is 266 g/mol. The van der Waals surface area contributed by atoms with Crippen LogP contribution in [0.1, 0.15) is 6.92 Å². The second-order valence-electron chi connectivity index (χ2n) is 5.24. The van der Waals surface area contributed by atoms with Crippen molar-refractivity contribution in [3.8, 4) is 0 Å². The predicted octanol–water partition coefficient (Wildman–Crippen LogP) is -0.584. The van der Waals surface area contributed by atoms with Crippen LogP contribution in [-0.2, 0) is 23.9 Å². The Morgan fingerprint density at radius 1 is 1.60 bits per heavy atom. The monoisotopic (exact) mass is 281 g/mol. The van der Waals surface area contributed by atoms with Crippen LogP contribution < -0.4 is 0 Å². The molecule has 0 aromatic heterocycles. The number of likely N-dealkylation sites (tertiary alicyclic amines) is 1. The number of ether oxygens (including phenoxy) is 2. The van der Waals surface area contributed by atoms with E-state index in [9.17, 15) is 19.5 Å². The van der Waals surface area contributed by atoms with Crippen LogP contribution in [0, 0.1) is 11.8 Å². The zero-order chi connectivity index (χ0) is 14.5. The van der Waals surface area contributed by atoms with Gasteiger partial charge in [-0.2, -0.15) is 0 Å². The van der Waals surface area contributed by atoms with Crippen LogP contribution >= 0.6 is 0 Å². The van der Waals surface area contributed by atoms with E-state index < -0.39 is 35.5 Å². The Labute approximate surface area is 115 Å². The largest absolute Gasteiger partial charge is 0.481 e. The molecule has 0 unspecified atom stereocenters. The van der Waals surface area contributed by atoms with Gasteiger partial charge in [-0.15, -0.1) is 0 Å². The predicted molar refractivity (Wildman–Crippen MR) is 64.6 cm³/mol. The van der Waals surface area contributed by atoms with Crippen LogP contribution in [0.2, 0.25) is 0 Å². The lowest BCUT2D eigenvalue weighted by molar-refractivity contribution is -0.151. The zero-order valence-electron chi connectivity index (χ0n) is 10.9. The lowest BCUT2D eigenvalue weighted by atomic mass is 9.77. The van der Waals surface area contributed by atoms with E-state index in [1.807, 2.05) is 0 Å². The van der Waals surface area contributed by atoms with Crippen LogP contribution in [0.4, 0.5) is 0 Å². The van der Waals surface area contributed by atoms with Gasteiger partial charge in [0.25, 0.3) is 0 Å². The molecule has 3 aliphatic rings. The van der Waals surface area contributed by atoms with Crippen molar-refractivity contribution < 1.29 is 29.0 Å². The maximum atomic E-state index is 12.4. The Morgan fingerprint density at radius 3 is 3.00 bits per heavy atom. The van der Waals surface area contributed by atoms with E-state index in [2.05, 4.69) is 0 Å². The zero-order valence-corrected chi connectivity index (χ0v) is 10.9. The molecule has 0 aliphatic carbocycles. The van der Waals surface area contributed by atoms with Crippen molar-refractivity contribution in [1.82, 2.24) is 4.90 Å². The number of hydrogen-bond donors (Lipinski definition) is 1. The summed E-state index contributed by atoms with van der Waals surface area (Å²) in [5, 5.41) is 9.27. The first kappa shape index (κ1) is 13.1.